The number of carbonyl (C=O) groups excluding carboxylic acids is 1. The van der Waals surface area contributed by atoms with Crippen molar-refractivity contribution in [2.75, 3.05) is 31.1 Å². The molecule has 1 fully saturated rings. The number of piperazine rings is 1. The molecule has 31 heavy (non-hydrogen) atoms. The number of anilines is 1. The van der Waals surface area contributed by atoms with Crippen molar-refractivity contribution in [1.82, 2.24) is 10.2 Å². The number of hydrogen-bond donors (Lipinski definition) is 2. The van der Waals surface area contributed by atoms with E-state index >= 15 is 0 Å². The quantitative estimate of drug-likeness (QED) is 0.354. The first-order chi connectivity index (χ1) is 14.2. The highest BCUT2D eigenvalue weighted by Gasteiger charge is 2.19. The first kappa shape index (κ1) is 24.9. The van der Waals surface area contributed by atoms with Crippen LogP contribution < -0.4 is 16.0 Å². The van der Waals surface area contributed by atoms with E-state index in [1.165, 1.54) is 12.1 Å². The molecule has 2 aromatic rings. The molecule has 0 atom stereocenters. The van der Waals surface area contributed by atoms with Crippen LogP contribution in [-0.2, 0) is 6.54 Å². The van der Waals surface area contributed by atoms with Crippen LogP contribution in [0, 0.1) is 5.82 Å². The molecule has 6 nitrogen and oxygen atoms in total. The SMILES string of the molecule is CC(C)(C)NC(=O)c1cccc(CN=C(N)N2CCN(c3ccc(F)cc3)CC2)c1.I. The number of guanidine groups is 1. The minimum absolute atomic E-state index is 0. The van der Waals surface area contributed by atoms with E-state index in [0.717, 1.165) is 37.4 Å². The zero-order valence-corrected chi connectivity index (χ0v) is 20.6. The van der Waals surface area contributed by atoms with Gasteiger partial charge in [-0.15, -0.1) is 24.0 Å². The minimum atomic E-state index is -0.286. The van der Waals surface area contributed by atoms with E-state index in [4.69, 9.17) is 5.73 Å². The van der Waals surface area contributed by atoms with Crippen molar-refractivity contribution in [3.8, 4) is 0 Å². The van der Waals surface area contributed by atoms with Crippen LogP contribution in [0.4, 0.5) is 10.1 Å². The maximum Gasteiger partial charge on any atom is 0.251 e. The van der Waals surface area contributed by atoms with Gasteiger partial charge in [0.25, 0.3) is 5.91 Å². The van der Waals surface area contributed by atoms with Crippen LogP contribution in [0.1, 0.15) is 36.7 Å². The second kappa shape index (κ2) is 10.8. The highest BCUT2D eigenvalue weighted by molar-refractivity contribution is 14.0. The summed E-state index contributed by atoms with van der Waals surface area (Å²) in [5.41, 5.74) is 8.48. The lowest BCUT2D eigenvalue weighted by Gasteiger charge is -2.36. The topological polar surface area (TPSA) is 74.0 Å². The number of amides is 1. The molecule has 3 rings (SSSR count). The molecule has 0 radical (unpaired) electrons. The molecule has 0 bridgehead atoms. The molecule has 1 aliphatic heterocycles. The lowest BCUT2D eigenvalue weighted by Crippen LogP contribution is -2.51. The minimum Gasteiger partial charge on any atom is -0.370 e. The first-order valence-electron chi connectivity index (χ1n) is 10.2. The van der Waals surface area contributed by atoms with Crippen molar-refractivity contribution >= 4 is 41.5 Å². The van der Waals surface area contributed by atoms with Crippen molar-refractivity contribution < 1.29 is 9.18 Å². The summed E-state index contributed by atoms with van der Waals surface area (Å²) in [6, 6.07) is 14.0. The zero-order chi connectivity index (χ0) is 21.7. The molecule has 2 aromatic carbocycles. The summed E-state index contributed by atoms with van der Waals surface area (Å²) < 4.78 is 13.1. The van der Waals surface area contributed by atoms with E-state index in [-0.39, 0.29) is 41.2 Å². The molecule has 0 aliphatic carbocycles. The highest BCUT2D eigenvalue weighted by atomic mass is 127. The fraction of sp³-hybridized carbons (Fsp3) is 0.391. The van der Waals surface area contributed by atoms with Gasteiger partial charge in [-0.05, 0) is 62.7 Å². The Bertz CT molecular complexity index is 903. The second-order valence-electron chi connectivity index (χ2n) is 8.53. The monoisotopic (exact) mass is 539 g/mol. The number of nitrogens with two attached hydrogens (primary N) is 1. The number of aliphatic imine (C=N–C) groups is 1. The molecule has 0 saturated carbocycles. The number of carbonyl (C=O) groups is 1. The summed E-state index contributed by atoms with van der Waals surface area (Å²) in [7, 11) is 0. The van der Waals surface area contributed by atoms with Gasteiger partial charge >= 0.3 is 0 Å². The van der Waals surface area contributed by atoms with Crippen LogP contribution in [0.2, 0.25) is 0 Å². The fourth-order valence-corrected chi connectivity index (χ4v) is 3.34. The lowest BCUT2D eigenvalue weighted by molar-refractivity contribution is 0.0919. The molecule has 1 heterocycles. The van der Waals surface area contributed by atoms with Gasteiger partial charge in [0.15, 0.2) is 5.96 Å². The van der Waals surface area contributed by atoms with E-state index in [1.807, 2.05) is 39.0 Å². The van der Waals surface area contributed by atoms with E-state index in [2.05, 4.69) is 20.1 Å². The molecular weight excluding hydrogens is 508 g/mol. The number of hydrogen-bond acceptors (Lipinski definition) is 3. The Labute approximate surface area is 200 Å². The van der Waals surface area contributed by atoms with Crippen molar-refractivity contribution in [2.45, 2.75) is 32.9 Å². The van der Waals surface area contributed by atoms with Gasteiger partial charge in [-0.3, -0.25) is 4.79 Å². The third-order valence-electron chi connectivity index (χ3n) is 4.90. The van der Waals surface area contributed by atoms with Crippen molar-refractivity contribution in [2.24, 2.45) is 10.7 Å². The maximum absolute atomic E-state index is 13.1. The van der Waals surface area contributed by atoms with Gasteiger partial charge in [-0.2, -0.15) is 0 Å². The molecule has 0 aromatic heterocycles. The van der Waals surface area contributed by atoms with Crippen LogP contribution in [-0.4, -0.2) is 48.5 Å². The van der Waals surface area contributed by atoms with E-state index in [9.17, 15) is 9.18 Å². The maximum atomic E-state index is 13.1. The van der Waals surface area contributed by atoms with E-state index in [1.54, 1.807) is 18.2 Å². The number of benzene rings is 2. The van der Waals surface area contributed by atoms with Gasteiger partial charge in [0.05, 0.1) is 6.54 Å². The first-order valence-corrected chi connectivity index (χ1v) is 10.2. The predicted molar refractivity (Wildman–Crippen MR) is 135 cm³/mol. The molecule has 168 valence electrons. The summed E-state index contributed by atoms with van der Waals surface area (Å²) >= 11 is 0. The number of nitrogens with one attached hydrogen (secondary N) is 1. The Hall–Kier alpha value is -2.36. The van der Waals surface area contributed by atoms with Crippen molar-refractivity contribution in [3.05, 3.63) is 65.5 Å². The molecule has 3 N–H and O–H groups in total. The van der Waals surface area contributed by atoms with Gasteiger partial charge in [-0.25, -0.2) is 9.38 Å². The number of rotatable bonds is 4. The summed E-state index contributed by atoms with van der Waals surface area (Å²) in [4.78, 5) is 21.1. The number of halogens is 2. The van der Waals surface area contributed by atoms with Crippen molar-refractivity contribution in [1.29, 1.82) is 0 Å². The Morgan fingerprint density at radius 3 is 2.35 bits per heavy atom. The van der Waals surface area contributed by atoms with Crippen LogP contribution in [0.25, 0.3) is 0 Å². The number of nitrogens with zero attached hydrogens (tertiary/aromatic N) is 3. The van der Waals surface area contributed by atoms with Crippen LogP contribution >= 0.6 is 24.0 Å². The Morgan fingerprint density at radius 2 is 1.74 bits per heavy atom. The van der Waals surface area contributed by atoms with Gasteiger partial charge < -0.3 is 20.9 Å². The highest BCUT2D eigenvalue weighted by Crippen LogP contribution is 2.17. The standard InChI is InChI=1S/C23H30FN5O.HI/c1-23(2,3)27-21(30)18-6-4-5-17(15-18)16-26-22(25)29-13-11-28(12-14-29)20-9-7-19(24)8-10-20;/h4-10,15H,11-14,16H2,1-3H3,(H2,25,26)(H,27,30);1H. The molecule has 1 amide bonds. The zero-order valence-electron chi connectivity index (χ0n) is 18.3. The second-order valence-corrected chi connectivity index (χ2v) is 8.53. The van der Waals surface area contributed by atoms with Gasteiger partial charge in [0.1, 0.15) is 5.82 Å². The van der Waals surface area contributed by atoms with Gasteiger partial charge in [0.2, 0.25) is 0 Å². The smallest absolute Gasteiger partial charge is 0.251 e. The van der Waals surface area contributed by atoms with Crippen LogP contribution in [0.3, 0.4) is 0 Å². The Balaban J connectivity index is 0.00000341. The van der Waals surface area contributed by atoms with Gasteiger partial charge in [-0.1, -0.05) is 12.1 Å². The largest absolute Gasteiger partial charge is 0.370 e. The normalized spacial score (nSPS) is 14.8. The van der Waals surface area contributed by atoms with Crippen LogP contribution in [0.15, 0.2) is 53.5 Å². The molecular formula is C23H31FIN5O. The average molecular weight is 539 g/mol. The summed E-state index contributed by atoms with van der Waals surface area (Å²) in [5, 5.41) is 2.97. The van der Waals surface area contributed by atoms with Crippen molar-refractivity contribution in [3.63, 3.8) is 0 Å². The lowest BCUT2D eigenvalue weighted by atomic mass is 10.1. The average Bonchev–Trinajstić information content (AvgIpc) is 2.72. The molecule has 8 heteroatoms. The summed E-state index contributed by atoms with van der Waals surface area (Å²) in [6.07, 6.45) is 0. The third-order valence-corrected chi connectivity index (χ3v) is 4.90. The Morgan fingerprint density at radius 1 is 1.10 bits per heavy atom. The van der Waals surface area contributed by atoms with E-state index < -0.39 is 0 Å². The molecule has 1 saturated heterocycles. The fourth-order valence-electron chi connectivity index (χ4n) is 3.34. The molecule has 1 aliphatic rings. The molecule has 0 spiro atoms. The third kappa shape index (κ3) is 7.37. The summed E-state index contributed by atoms with van der Waals surface area (Å²) in [5.74, 6) is 0.172. The Kier molecular flexibility index (Phi) is 8.67. The van der Waals surface area contributed by atoms with Crippen LogP contribution in [0.5, 0.6) is 0 Å². The van der Waals surface area contributed by atoms with E-state index in [0.29, 0.717) is 18.1 Å². The predicted octanol–water partition coefficient (Wildman–Crippen LogP) is 3.61. The van der Waals surface area contributed by atoms with Gasteiger partial charge in [0, 0.05) is 43.0 Å². The molecule has 0 unspecified atom stereocenters. The summed E-state index contributed by atoms with van der Waals surface area (Å²) in [6.45, 7) is 9.37.